The highest BCUT2D eigenvalue weighted by atomic mass is 32.2. The van der Waals surface area contributed by atoms with E-state index in [0.717, 1.165) is 17.2 Å². The van der Waals surface area contributed by atoms with Crippen LogP contribution in [-0.4, -0.2) is 152 Å². The van der Waals surface area contributed by atoms with Crippen molar-refractivity contribution in [1.82, 2.24) is 47.5 Å². The summed E-state index contributed by atoms with van der Waals surface area (Å²) in [5.74, 6) is -8.62. The van der Waals surface area contributed by atoms with Gasteiger partial charge in [-0.2, -0.15) is 0 Å². The van der Waals surface area contributed by atoms with Crippen LogP contribution >= 0.6 is 0 Å². The molecule has 0 saturated carbocycles. The number of amides is 9. The largest absolute Gasteiger partial charge is 0.370 e. The Balaban J connectivity index is 1.80. The SMILES string of the molecule is CC(=O)N[C@@H](CCCN=C(N)N)C(=O)N[C@H]1CCCC(=O)NCC[C@@H](C(N)=O)NC(=O)[C@H](Cc2c[nH]c3ccccc23)NC(=O)[C@H](CCCN=C(N)N)NC(=O)C(Cc2ccccc2)NC(=O)[C@H](CCS(C)(=O)=O)NC1=O. The number of carbonyl (C=O) groups excluding carboxylic acids is 9. The number of hydrogen-bond donors (Lipinski definition) is 14. The third kappa shape index (κ3) is 21.8. The zero-order valence-electron chi connectivity index (χ0n) is 43.1. The lowest BCUT2D eigenvalue weighted by molar-refractivity contribution is -0.135. The summed E-state index contributed by atoms with van der Waals surface area (Å²) in [4.78, 5) is 135. The van der Waals surface area contributed by atoms with E-state index < -0.39 is 117 Å². The minimum Gasteiger partial charge on any atom is -0.370 e. The number of sulfone groups is 1. The number of hydrogen-bond acceptors (Lipinski definition) is 13. The highest BCUT2D eigenvalue weighted by molar-refractivity contribution is 7.90. The summed E-state index contributed by atoms with van der Waals surface area (Å²) in [6, 6.07) is 5.53. The third-order valence-corrected chi connectivity index (χ3v) is 13.2. The first-order valence-corrected chi connectivity index (χ1v) is 27.1. The average molecular weight is 1090 g/mol. The Hall–Kier alpha value is -8.30. The monoisotopic (exact) mass is 1090 g/mol. The molecule has 1 aliphatic heterocycles. The molecule has 7 atom stereocenters. The van der Waals surface area contributed by atoms with Gasteiger partial charge >= 0.3 is 0 Å². The molecular weight excluding hydrogens is 1020 g/mol. The Labute approximate surface area is 445 Å². The molecule has 27 nitrogen and oxygen atoms in total. The number of benzene rings is 2. The smallest absolute Gasteiger partial charge is 0.243 e. The van der Waals surface area contributed by atoms with Crippen LogP contribution in [0.4, 0.5) is 0 Å². The molecule has 1 fully saturated rings. The van der Waals surface area contributed by atoms with Gasteiger partial charge in [0.2, 0.25) is 53.2 Å². The van der Waals surface area contributed by atoms with Crippen molar-refractivity contribution in [1.29, 1.82) is 0 Å². The van der Waals surface area contributed by atoms with Crippen molar-refractivity contribution >= 4 is 85.8 Å². The first-order valence-electron chi connectivity index (χ1n) is 25.0. The van der Waals surface area contributed by atoms with E-state index in [1.165, 1.54) is 6.92 Å². The Bertz CT molecular complexity index is 2730. The minimum absolute atomic E-state index is 0.0126. The number of aromatic nitrogens is 1. The van der Waals surface area contributed by atoms with E-state index in [9.17, 15) is 51.6 Å². The molecule has 420 valence electrons. The van der Waals surface area contributed by atoms with Gasteiger partial charge in [0.15, 0.2) is 11.9 Å². The molecule has 9 amide bonds. The van der Waals surface area contributed by atoms with E-state index in [2.05, 4.69) is 57.5 Å². The van der Waals surface area contributed by atoms with Crippen LogP contribution in [0.2, 0.25) is 0 Å². The van der Waals surface area contributed by atoms with E-state index in [1.54, 1.807) is 54.7 Å². The maximum absolute atomic E-state index is 14.6. The lowest BCUT2D eigenvalue weighted by Gasteiger charge is -2.28. The molecule has 28 heteroatoms. The van der Waals surface area contributed by atoms with Crippen molar-refractivity contribution in [3.8, 4) is 0 Å². The Kier molecular flexibility index (Phi) is 24.1. The molecule has 77 heavy (non-hydrogen) atoms. The second-order valence-corrected chi connectivity index (χ2v) is 20.9. The highest BCUT2D eigenvalue weighted by Crippen LogP contribution is 2.20. The molecule has 1 aliphatic rings. The number of nitrogens with two attached hydrogens (primary N) is 5. The first kappa shape index (κ1) is 61.2. The number of H-pyrrole nitrogens is 1. The average Bonchev–Trinajstić information content (AvgIpc) is 3.77. The fraction of sp³-hybridized carbons (Fsp3) is 0.490. The minimum atomic E-state index is -3.80. The molecule has 2 heterocycles. The number of aliphatic imine (C=N–C) groups is 2. The summed E-state index contributed by atoms with van der Waals surface area (Å²) >= 11 is 0. The van der Waals surface area contributed by atoms with Crippen molar-refractivity contribution in [2.45, 2.75) is 120 Å². The lowest BCUT2D eigenvalue weighted by Crippen LogP contribution is -2.60. The van der Waals surface area contributed by atoms with Gasteiger partial charge in [-0.25, -0.2) is 8.42 Å². The van der Waals surface area contributed by atoms with E-state index in [0.29, 0.717) is 11.1 Å². The van der Waals surface area contributed by atoms with Crippen LogP contribution in [-0.2, 0) is 65.8 Å². The third-order valence-electron chi connectivity index (χ3n) is 12.2. The van der Waals surface area contributed by atoms with Gasteiger partial charge in [-0.05, 0) is 68.6 Å². The highest BCUT2D eigenvalue weighted by Gasteiger charge is 2.35. The van der Waals surface area contributed by atoms with E-state index in [-0.39, 0.29) is 95.8 Å². The molecule has 1 saturated heterocycles. The van der Waals surface area contributed by atoms with E-state index in [4.69, 9.17) is 28.7 Å². The summed E-state index contributed by atoms with van der Waals surface area (Å²) in [7, 11) is -3.80. The quantitative estimate of drug-likeness (QED) is 0.0310. The summed E-state index contributed by atoms with van der Waals surface area (Å²) in [5, 5.41) is 21.6. The maximum atomic E-state index is 14.6. The Morgan fingerprint density at radius 1 is 0.701 bits per heavy atom. The number of carbonyl (C=O) groups is 9. The molecule has 4 rings (SSSR count). The fourth-order valence-corrected chi connectivity index (χ4v) is 8.94. The van der Waals surface area contributed by atoms with Crippen molar-refractivity contribution in [2.24, 2.45) is 38.7 Å². The van der Waals surface area contributed by atoms with Gasteiger partial charge in [0, 0.05) is 69.2 Å². The molecule has 0 radical (unpaired) electrons. The number of guanidine groups is 2. The summed E-state index contributed by atoms with van der Waals surface area (Å²) in [6.07, 6.45) is 1.21. The summed E-state index contributed by atoms with van der Waals surface area (Å²) in [5.41, 5.74) is 29.6. The van der Waals surface area contributed by atoms with Gasteiger partial charge in [0.25, 0.3) is 0 Å². The Morgan fingerprint density at radius 2 is 1.27 bits per heavy atom. The topological polar surface area (TPSA) is 455 Å². The van der Waals surface area contributed by atoms with Crippen LogP contribution in [0.25, 0.3) is 10.9 Å². The van der Waals surface area contributed by atoms with Crippen molar-refractivity contribution in [3.05, 3.63) is 71.9 Å². The maximum Gasteiger partial charge on any atom is 0.243 e. The Morgan fingerprint density at radius 3 is 1.91 bits per heavy atom. The second kappa shape index (κ2) is 30.3. The van der Waals surface area contributed by atoms with Gasteiger partial charge in [0.1, 0.15) is 52.1 Å². The standard InChI is InChI=1S/C49H72N16O11S/c1-28(66)59-34(16-9-21-56-48(51)52)42(69)61-35-15-8-18-40(67)55-23-19-33(41(50)68)60-47(74)39(26-30-27-58-32-14-7-6-13-31(30)32)65-44(71)36(17-10-22-57-49(53)54)62-46(73)38(25-29-11-4-3-5-12-29)64-45(72)37(63-43(35)70)20-24-77(2,75)76/h3-7,11-14,27,33-39,58H,8-10,15-26H2,1-2H3,(H2,50,68)(H,55,67)(H,59,66)(H,60,74)(H,61,69)(H,62,73)(H,63,70)(H,64,72)(H,65,71)(H4,51,52,56)(H4,53,54,57)/t33-,34-,35-,36-,37-,38?,39-/m0/s1. The van der Waals surface area contributed by atoms with Crippen LogP contribution in [0.1, 0.15) is 75.8 Å². The fourth-order valence-electron chi connectivity index (χ4n) is 8.28. The number of fused-ring (bicyclic) bond motifs is 1. The van der Waals surface area contributed by atoms with E-state index >= 15 is 0 Å². The summed E-state index contributed by atoms with van der Waals surface area (Å²) in [6.45, 7) is 1.10. The number of nitrogens with zero attached hydrogens (tertiary/aromatic N) is 2. The van der Waals surface area contributed by atoms with Crippen LogP contribution in [0.5, 0.6) is 0 Å². The zero-order valence-corrected chi connectivity index (χ0v) is 43.9. The molecule has 0 aliphatic carbocycles. The van der Waals surface area contributed by atoms with Crippen LogP contribution in [0, 0.1) is 0 Å². The number of nitrogens with one attached hydrogen (secondary N) is 9. The number of rotatable bonds is 19. The molecule has 3 aromatic rings. The van der Waals surface area contributed by atoms with Gasteiger partial charge in [-0.1, -0.05) is 48.5 Å². The van der Waals surface area contributed by atoms with Crippen LogP contribution in [0.3, 0.4) is 0 Å². The number of primary amides is 1. The van der Waals surface area contributed by atoms with Gasteiger partial charge in [-0.15, -0.1) is 0 Å². The molecule has 2 aromatic carbocycles. The molecule has 0 spiro atoms. The summed E-state index contributed by atoms with van der Waals surface area (Å²) < 4.78 is 25.1. The van der Waals surface area contributed by atoms with Gasteiger partial charge in [0.05, 0.1) is 5.75 Å². The predicted molar refractivity (Wildman–Crippen MR) is 286 cm³/mol. The van der Waals surface area contributed by atoms with Crippen LogP contribution < -0.4 is 71.2 Å². The molecule has 0 bridgehead atoms. The van der Waals surface area contributed by atoms with Crippen molar-refractivity contribution in [3.63, 3.8) is 0 Å². The number of aromatic amines is 1. The van der Waals surface area contributed by atoms with Gasteiger partial charge < -0.3 is 76.2 Å². The van der Waals surface area contributed by atoms with E-state index in [1.807, 2.05) is 6.07 Å². The lowest BCUT2D eigenvalue weighted by atomic mass is 10.0. The van der Waals surface area contributed by atoms with Crippen molar-refractivity contribution < 1.29 is 51.6 Å². The normalized spacial score (nSPS) is 21.1. The molecule has 1 unspecified atom stereocenters. The second-order valence-electron chi connectivity index (χ2n) is 18.6. The van der Waals surface area contributed by atoms with Gasteiger partial charge in [-0.3, -0.25) is 53.1 Å². The molecule has 19 N–H and O–H groups in total. The van der Waals surface area contributed by atoms with Crippen LogP contribution in [0.15, 0.2) is 70.8 Å². The molecular formula is C49H72N16O11S. The zero-order chi connectivity index (χ0) is 56.7. The van der Waals surface area contributed by atoms with Crippen molar-refractivity contribution in [2.75, 3.05) is 31.6 Å². The predicted octanol–water partition coefficient (Wildman–Crippen LogP) is -3.92. The number of para-hydroxylation sites is 1. The first-order chi connectivity index (χ1) is 36.5. The molecule has 1 aromatic heterocycles.